The van der Waals surface area contributed by atoms with Crippen LogP contribution in [-0.2, 0) is 0 Å². The van der Waals surface area contributed by atoms with Crippen molar-refractivity contribution in [2.75, 3.05) is 0 Å². The molecule has 1 aromatic rings. The number of carbonyl (C=O) groups is 1. The van der Waals surface area contributed by atoms with Crippen LogP contribution in [0.15, 0.2) is 18.2 Å². The summed E-state index contributed by atoms with van der Waals surface area (Å²) in [5.74, 6) is -3.30. The first-order chi connectivity index (χ1) is 7.71. The van der Waals surface area contributed by atoms with E-state index in [2.05, 4.69) is 0 Å². The van der Waals surface area contributed by atoms with E-state index < -0.39 is 35.3 Å². The molecule has 0 aromatic heterocycles. The number of hydrogen-bond acceptors (Lipinski definition) is 1. The molecule has 17 heavy (non-hydrogen) atoms. The Morgan fingerprint density at radius 1 is 1.29 bits per heavy atom. The second kappa shape index (κ2) is 4.68. The van der Waals surface area contributed by atoms with Crippen molar-refractivity contribution in [2.45, 2.75) is 19.1 Å². The summed E-state index contributed by atoms with van der Waals surface area (Å²) in [6.07, 6.45) is -4.64. The van der Waals surface area contributed by atoms with Crippen LogP contribution in [0.2, 0.25) is 0 Å². The molecule has 1 amide bonds. The summed E-state index contributed by atoms with van der Waals surface area (Å²) >= 11 is 0. The molecule has 0 unspecified atom stereocenters. The number of hydrogen-bond donors (Lipinski definition) is 1. The number of amides is 1. The third kappa shape index (κ3) is 3.40. The molecule has 1 atom stereocenters. The van der Waals surface area contributed by atoms with E-state index in [0.29, 0.717) is 19.1 Å². The van der Waals surface area contributed by atoms with Crippen molar-refractivity contribution in [1.82, 2.24) is 5.32 Å². The molecule has 2 nitrogen and oxygen atoms in total. The van der Waals surface area contributed by atoms with Crippen LogP contribution in [0, 0.1) is 11.6 Å². The van der Waals surface area contributed by atoms with E-state index in [4.69, 9.17) is 0 Å². The summed E-state index contributed by atoms with van der Waals surface area (Å²) < 4.78 is 62.1. The van der Waals surface area contributed by atoms with Crippen molar-refractivity contribution < 1.29 is 26.7 Å². The Hall–Kier alpha value is -1.66. The maximum absolute atomic E-state index is 13.1. The lowest BCUT2D eigenvalue weighted by Crippen LogP contribution is -2.43. The summed E-state index contributed by atoms with van der Waals surface area (Å²) in [6, 6.07) is -0.173. The quantitative estimate of drug-likeness (QED) is 0.806. The molecule has 1 N–H and O–H groups in total. The summed E-state index contributed by atoms with van der Waals surface area (Å²) in [4.78, 5) is 11.3. The van der Waals surface area contributed by atoms with Gasteiger partial charge in [0.1, 0.15) is 17.7 Å². The van der Waals surface area contributed by atoms with Crippen LogP contribution in [-0.4, -0.2) is 18.1 Å². The fourth-order valence-electron chi connectivity index (χ4n) is 1.03. The second-order valence-corrected chi connectivity index (χ2v) is 3.36. The molecule has 94 valence electrons. The zero-order valence-corrected chi connectivity index (χ0v) is 8.61. The molecule has 0 spiro atoms. The molecule has 0 aliphatic rings. The van der Waals surface area contributed by atoms with E-state index in [1.54, 1.807) is 0 Å². The number of benzene rings is 1. The van der Waals surface area contributed by atoms with E-state index in [0.717, 1.165) is 6.07 Å². The van der Waals surface area contributed by atoms with E-state index >= 15 is 0 Å². The highest BCUT2D eigenvalue weighted by atomic mass is 19.4. The molecule has 0 bridgehead atoms. The van der Waals surface area contributed by atoms with E-state index in [1.165, 1.54) is 5.32 Å². The van der Waals surface area contributed by atoms with Gasteiger partial charge in [-0.3, -0.25) is 4.79 Å². The fourth-order valence-corrected chi connectivity index (χ4v) is 1.03. The Balaban J connectivity index is 2.87. The third-order valence-corrected chi connectivity index (χ3v) is 2.01. The largest absolute Gasteiger partial charge is 0.408 e. The van der Waals surface area contributed by atoms with Crippen molar-refractivity contribution >= 4 is 5.91 Å². The van der Waals surface area contributed by atoms with Crippen molar-refractivity contribution in [3.05, 3.63) is 35.4 Å². The van der Waals surface area contributed by atoms with Crippen LogP contribution in [0.3, 0.4) is 0 Å². The Bertz CT molecular complexity index is 429. The van der Waals surface area contributed by atoms with Gasteiger partial charge < -0.3 is 5.32 Å². The summed E-state index contributed by atoms with van der Waals surface area (Å²) in [6.45, 7) is 0.703. The molecular formula is C10H8F5NO. The Morgan fingerprint density at radius 3 is 2.41 bits per heavy atom. The fraction of sp³-hybridized carbons (Fsp3) is 0.300. The maximum atomic E-state index is 13.1. The molecule has 0 saturated heterocycles. The first-order valence-electron chi connectivity index (χ1n) is 4.54. The lowest BCUT2D eigenvalue weighted by molar-refractivity contribution is -0.149. The van der Waals surface area contributed by atoms with Crippen LogP contribution in [0.1, 0.15) is 17.3 Å². The van der Waals surface area contributed by atoms with Crippen molar-refractivity contribution in [3.63, 3.8) is 0 Å². The lowest BCUT2D eigenvalue weighted by Gasteiger charge is -2.17. The second-order valence-electron chi connectivity index (χ2n) is 3.36. The topological polar surface area (TPSA) is 29.1 Å². The molecule has 1 aromatic carbocycles. The van der Waals surface area contributed by atoms with Crippen LogP contribution < -0.4 is 5.32 Å². The smallest absolute Gasteiger partial charge is 0.340 e. The summed E-state index contributed by atoms with van der Waals surface area (Å²) in [5.41, 5.74) is -0.763. The maximum Gasteiger partial charge on any atom is 0.408 e. The first kappa shape index (κ1) is 13.4. The van der Waals surface area contributed by atoms with Gasteiger partial charge in [0.25, 0.3) is 5.91 Å². The Labute approximate surface area is 93.4 Å². The van der Waals surface area contributed by atoms with Crippen LogP contribution >= 0.6 is 0 Å². The van der Waals surface area contributed by atoms with Crippen molar-refractivity contribution in [2.24, 2.45) is 0 Å². The van der Waals surface area contributed by atoms with Crippen LogP contribution in [0.25, 0.3) is 0 Å². The highest BCUT2D eigenvalue weighted by Crippen LogP contribution is 2.20. The minimum absolute atomic E-state index is 0.535. The number of nitrogens with one attached hydrogen (secondary N) is 1. The van der Waals surface area contributed by atoms with E-state index in [9.17, 15) is 26.7 Å². The van der Waals surface area contributed by atoms with Gasteiger partial charge in [0.15, 0.2) is 0 Å². The molecule has 0 saturated carbocycles. The predicted molar refractivity (Wildman–Crippen MR) is 49.3 cm³/mol. The molecular weight excluding hydrogens is 245 g/mol. The average molecular weight is 253 g/mol. The highest BCUT2D eigenvalue weighted by Gasteiger charge is 2.37. The van der Waals surface area contributed by atoms with Crippen molar-refractivity contribution in [3.8, 4) is 0 Å². The number of carbonyl (C=O) groups excluding carboxylic acids is 1. The van der Waals surface area contributed by atoms with Gasteiger partial charge in [0, 0.05) is 0 Å². The summed E-state index contributed by atoms with van der Waals surface area (Å²) in [5, 5.41) is 1.53. The zero-order valence-electron chi connectivity index (χ0n) is 8.61. The Morgan fingerprint density at radius 2 is 1.88 bits per heavy atom. The van der Waals surface area contributed by atoms with Gasteiger partial charge >= 0.3 is 6.18 Å². The molecule has 1 rings (SSSR count). The van der Waals surface area contributed by atoms with Crippen molar-refractivity contribution in [1.29, 1.82) is 0 Å². The minimum Gasteiger partial charge on any atom is -0.340 e. The monoisotopic (exact) mass is 253 g/mol. The Kier molecular flexibility index (Phi) is 3.69. The molecule has 7 heteroatoms. The lowest BCUT2D eigenvalue weighted by atomic mass is 10.2. The van der Waals surface area contributed by atoms with Gasteiger partial charge in [0.2, 0.25) is 0 Å². The SMILES string of the molecule is C[C@H](NC(=O)c1cc(F)ccc1F)C(F)(F)F. The first-order valence-corrected chi connectivity index (χ1v) is 4.54. The number of rotatable bonds is 2. The predicted octanol–water partition coefficient (Wildman–Crippen LogP) is 2.65. The van der Waals surface area contributed by atoms with Gasteiger partial charge in [-0.1, -0.05) is 0 Å². The molecule has 0 radical (unpaired) electrons. The van der Waals surface area contributed by atoms with Gasteiger partial charge in [-0.2, -0.15) is 13.2 Å². The number of alkyl halides is 3. The standard InChI is InChI=1S/C10H8F5NO/c1-5(10(13,14)15)16-9(17)7-4-6(11)2-3-8(7)12/h2-5H,1H3,(H,16,17)/t5-/m0/s1. The minimum atomic E-state index is -4.64. The van der Waals surface area contributed by atoms with Gasteiger partial charge in [-0.15, -0.1) is 0 Å². The van der Waals surface area contributed by atoms with Gasteiger partial charge in [-0.05, 0) is 25.1 Å². The van der Waals surface area contributed by atoms with Crippen LogP contribution in [0.4, 0.5) is 22.0 Å². The summed E-state index contributed by atoms with van der Waals surface area (Å²) in [7, 11) is 0. The average Bonchev–Trinajstić information content (AvgIpc) is 2.20. The molecule has 0 aliphatic heterocycles. The van der Waals surface area contributed by atoms with Gasteiger partial charge in [0.05, 0.1) is 5.56 Å². The van der Waals surface area contributed by atoms with E-state index in [1.807, 2.05) is 0 Å². The number of halogens is 5. The molecule has 0 aliphatic carbocycles. The van der Waals surface area contributed by atoms with Crippen LogP contribution in [0.5, 0.6) is 0 Å². The normalized spacial score (nSPS) is 13.3. The molecule has 0 heterocycles. The zero-order chi connectivity index (χ0) is 13.2. The third-order valence-electron chi connectivity index (χ3n) is 2.01. The van der Waals surface area contributed by atoms with E-state index in [-0.39, 0.29) is 0 Å². The van der Waals surface area contributed by atoms with Gasteiger partial charge in [-0.25, -0.2) is 8.78 Å². The highest BCUT2D eigenvalue weighted by molar-refractivity contribution is 5.94. The molecule has 0 fully saturated rings.